The number of rotatable bonds is 3. The van der Waals surface area contributed by atoms with Crippen LogP contribution in [0.1, 0.15) is 64.4 Å². The van der Waals surface area contributed by atoms with Gasteiger partial charge in [0.05, 0.1) is 10.9 Å². The number of phenols is 1. The van der Waals surface area contributed by atoms with Gasteiger partial charge in [-0.3, -0.25) is 9.80 Å². The summed E-state index contributed by atoms with van der Waals surface area (Å²) in [4.78, 5) is 13.2. The fourth-order valence-corrected chi connectivity index (χ4v) is 9.40. The molecule has 3 fully saturated rings. The van der Waals surface area contributed by atoms with Gasteiger partial charge in [-0.25, -0.2) is 8.42 Å². The highest BCUT2D eigenvalue weighted by atomic mass is 32.2. The van der Waals surface area contributed by atoms with Gasteiger partial charge in [0.25, 0.3) is 15.9 Å². The van der Waals surface area contributed by atoms with Gasteiger partial charge in [-0.15, -0.1) is 4.41 Å². The number of benzene rings is 1. The van der Waals surface area contributed by atoms with E-state index in [0.29, 0.717) is 22.8 Å². The Morgan fingerprint density at radius 3 is 2.58 bits per heavy atom. The minimum absolute atomic E-state index is 0.0215. The summed E-state index contributed by atoms with van der Waals surface area (Å²) >= 11 is 0. The van der Waals surface area contributed by atoms with Crippen LogP contribution in [-0.4, -0.2) is 41.9 Å². The largest absolute Gasteiger partial charge is 0.508 e. The second-order valence-electron chi connectivity index (χ2n) is 11.3. The Kier molecular flexibility index (Phi) is 5.26. The highest BCUT2D eigenvalue weighted by molar-refractivity contribution is 7.89. The number of nitrogens with zero attached hydrogens (tertiary/aromatic N) is 2. The molecule has 1 N–H and O–H groups in total. The second kappa shape index (κ2) is 7.57. The lowest BCUT2D eigenvalue weighted by Crippen LogP contribution is -2.64. The number of phenolic OH excluding ortho intramolecular Hbond substituents is 1. The van der Waals surface area contributed by atoms with Crippen LogP contribution in [0.2, 0.25) is 0 Å². The number of carbonyl (C=O) groups is 1. The van der Waals surface area contributed by atoms with E-state index in [1.807, 2.05) is 0 Å². The molecular weight excluding hydrogens is 436 g/mol. The molecule has 4 aliphatic rings. The second-order valence-corrected chi connectivity index (χ2v) is 13.2. The molecule has 33 heavy (non-hydrogen) atoms. The summed E-state index contributed by atoms with van der Waals surface area (Å²) in [6.07, 6.45) is 11.9. The number of carbonyl (C=O) groups excluding carboxylic acids is 1. The first kappa shape index (κ1) is 22.9. The van der Waals surface area contributed by atoms with Crippen LogP contribution in [-0.2, 0) is 14.8 Å². The lowest BCUT2D eigenvalue weighted by molar-refractivity contribution is -0.158. The van der Waals surface area contributed by atoms with Crippen molar-refractivity contribution >= 4 is 15.9 Å². The molecule has 1 amide bonds. The fourth-order valence-electron chi connectivity index (χ4n) is 7.98. The molecular formula is C26H36N2O4S. The lowest BCUT2D eigenvalue weighted by Gasteiger charge is -2.60. The monoisotopic (exact) mass is 472 g/mol. The molecule has 1 unspecified atom stereocenters. The van der Waals surface area contributed by atoms with Gasteiger partial charge in [-0.1, -0.05) is 26.3 Å². The van der Waals surface area contributed by atoms with Crippen molar-refractivity contribution in [1.29, 1.82) is 0 Å². The molecule has 0 saturated heterocycles. The Balaban J connectivity index is 1.50. The maximum atomic E-state index is 13.6. The predicted molar refractivity (Wildman–Crippen MR) is 127 cm³/mol. The Hall–Kier alpha value is -1.86. The van der Waals surface area contributed by atoms with Crippen molar-refractivity contribution in [3.8, 4) is 5.75 Å². The van der Waals surface area contributed by atoms with Crippen LogP contribution in [0.3, 0.4) is 0 Å². The number of hydrogen-bond acceptors (Lipinski definition) is 4. The summed E-state index contributed by atoms with van der Waals surface area (Å²) in [7, 11) is -2.47. The van der Waals surface area contributed by atoms with Gasteiger partial charge in [-0.05, 0) is 92.4 Å². The van der Waals surface area contributed by atoms with Gasteiger partial charge in [0.1, 0.15) is 5.75 Å². The molecule has 5 rings (SSSR count). The number of amides is 1. The van der Waals surface area contributed by atoms with E-state index >= 15 is 0 Å². The average molecular weight is 473 g/mol. The van der Waals surface area contributed by atoms with E-state index < -0.39 is 10.0 Å². The normalized spacial score (nSPS) is 38.2. The van der Waals surface area contributed by atoms with Crippen LogP contribution in [0.15, 0.2) is 35.2 Å². The van der Waals surface area contributed by atoms with Gasteiger partial charge in [-0.2, -0.15) is 0 Å². The van der Waals surface area contributed by atoms with Crippen LogP contribution in [0.25, 0.3) is 0 Å². The van der Waals surface area contributed by atoms with Crippen molar-refractivity contribution in [2.75, 3.05) is 7.05 Å². The lowest BCUT2D eigenvalue weighted by atomic mass is 9.48. The molecule has 0 bridgehead atoms. The number of aromatic hydroxyl groups is 1. The molecule has 0 spiro atoms. The quantitative estimate of drug-likeness (QED) is 0.695. The topological polar surface area (TPSA) is 77.9 Å². The number of hydrazine groups is 1. The fraction of sp³-hybridized carbons (Fsp3) is 0.654. The van der Waals surface area contributed by atoms with Crippen molar-refractivity contribution in [1.82, 2.24) is 9.42 Å². The smallest absolute Gasteiger partial charge is 0.261 e. The molecule has 7 heteroatoms. The summed E-state index contributed by atoms with van der Waals surface area (Å²) in [5.74, 6) is 1.60. The Morgan fingerprint density at radius 2 is 1.85 bits per heavy atom. The third-order valence-electron chi connectivity index (χ3n) is 9.70. The number of hydrogen-bond donors (Lipinski definition) is 1. The molecule has 3 saturated carbocycles. The first-order valence-corrected chi connectivity index (χ1v) is 13.7. The van der Waals surface area contributed by atoms with Crippen LogP contribution in [0.4, 0.5) is 0 Å². The first-order valence-electron chi connectivity index (χ1n) is 12.3. The van der Waals surface area contributed by atoms with Crippen molar-refractivity contribution in [3.63, 3.8) is 0 Å². The van der Waals surface area contributed by atoms with Gasteiger partial charge in [0.2, 0.25) is 0 Å². The highest BCUT2D eigenvalue weighted by Crippen LogP contribution is 2.64. The minimum atomic E-state index is -3.96. The molecule has 180 valence electrons. The maximum Gasteiger partial charge on any atom is 0.261 e. The Morgan fingerprint density at radius 1 is 1.09 bits per heavy atom. The van der Waals surface area contributed by atoms with Crippen LogP contribution in [0.5, 0.6) is 5.75 Å². The van der Waals surface area contributed by atoms with E-state index in [9.17, 15) is 18.3 Å². The van der Waals surface area contributed by atoms with E-state index in [2.05, 4.69) is 19.9 Å². The third kappa shape index (κ3) is 3.29. The summed E-state index contributed by atoms with van der Waals surface area (Å²) in [5, 5.41) is 11.2. The number of aryl methyl sites for hydroxylation is 1. The van der Waals surface area contributed by atoms with E-state index in [0.717, 1.165) is 29.6 Å². The van der Waals surface area contributed by atoms with Crippen molar-refractivity contribution in [2.45, 2.75) is 76.7 Å². The maximum absolute atomic E-state index is 13.6. The van der Waals surface area contributed by atoms with Gasteiger partial charge >= 0.3 is 0 Å². The average Bonchev–Trinajstić information content (AvgIpc) is 3.15. The van der Waals surface area contributed by atoms with Gasteiger partial charge < -0.3 is 5.11 Å². The molecule has 1 heterocycles. The van der Waals surface area contributed by atoms with Crippen LogP contribution < -0.4 is 0 Å². The number of fused-ring (bicyclic) bond motifs is 5. The summed E-state index contributed by atoms with van der Waals surface area (Å²) in [6, 6.07) is 4.05. The molecule has 3 aliphatic carbocycles. The zero-order valence-corrected chi connectivity index (χ0v) is 20.9. The molecule has 6 nitrogen and oxygen atoms in total. The molecule has 1 aromatic rings. The van der Waals surface area contributed by atoms with Crippen molar-refractivity contribution in [2.24, 2.45) is 28.6 Å². The van der Waals surface area contributed by atoms with Gasteiger partial charge in [0.15, 0.2) is 0 Å². The molecule has 6 atom stereocenters. The Labute approximate surface area is 197 Å². The SMILES string of the molecule is Cc1cc(O)ccc1S(=O)(=O)N(C)N1C(=O)C=C[C@@]2(C)C1CC[C@@H]1[C@H]2CC[C@]2(C)CCC[C@@H]12. The van der Waals surface area contributed by atoms with Crippen LogP contribution >= 0.6 is 0 Å². The van der Waals surface area contributed by atoms with Crippen molar-refractivity contribution in [3.05, 3.63) is 35.9 Å². The minimum Gasteiger partial charge on any atom is -0.508 e. The first-order chi connectivity index (χ1) is 15.5. The molecule has 1 aliphatic heterocycles. The zero-order chi connectivity index (χ0) is 23.8. The molecule has 1 aromatic carbocycles. The third-order valence-corrected chi connectivity index (χ3v) is 11.6. The Bertz CT molecular complexity index is 1120. The molecule has 0 radical (unpaired) electrons. The van der Waals surface area contributed by atoms with E-state index in [1.54, 1.807) is 13.0 Å². The summed E-state index contributed by atoms with van der Waals surface area (Å²) < 4.78 is 28.3. The number of sulfonamides is 1. The highest BCUT2D eigenvalue weighted by Gasteiger charge is 2.59. The van der Waals surface area contributed by atoms with E-state index in [4.69, 9.17) is 0 Å². The standard InChI is InChI=1S/C26H36N2O4S/c1-17-16-18(29)7-9-22(17)33(31,32)27(4)28-23-10-8-19-20-6-5-13-25(20,2)14-11-21(19)26(23,3)15-12-24(28)30/h7,9,12,15-16,19-21,23,29H,5-6,8,10-11,13-14H2,1-4H3/t19-,20-,21+,23?,25-,26+/m0/s1. The predicted octanol–water partition coefficient (Wildman–Crippen LogP) is 4.64. The summed E-state index contributed by atoms with van der Waals surface area (Å²) in [5.41, 5.74) is 0.671. The summed E-state index contributed by atoms with van der Waals surface area (Å²) in [6.45, 7) is 6.38. The van der Waals surface area contributed by atoms with Gasteiger partial charge in [0, 0.05) is 18.5 Å². The van der Waals surface area contributed by atoms with E-state index in [-0.39, 0.29) is 28.0 Å². The van der Waals surface area contributed by atoms with Crippen molar-refractivity contribution < 1.29 is 18.3 Å². The zero-order valence-electron chi connectivity index (χ0n) is 20.1. The molecule has 0 aromatic heterocycles. The van der Waals surface area contributed by atoms with E-state index in [1.165, 1.54) is 55.9 Å². The van der Waals surface area contributed by atoms with Crippen LogP contribution in [0, 0.1) is 35.5 Å².